The number of nitrogens with one attached hydrogen (secondary N) is 1. The minimum absolute atomic E-state index is 0.0497. The number of nitrogens with zero attached hydrogens (tertiary/aromatic N) is 1. The van der Waals surface area contributed by atoms with E-state index >= 15 is 0 Å². The Hall–Kier alpha value is -1.88. The Kier molecular flexibility index (Phi) is 5.51. The van der Waals surface area contributed by atoms with E-state index in [-0.39, 0.29) is 11.7 Å². The summed E-state index contributed by atoms with van der Waals surface area (Å²) in [6.07, 6.45) is 4.61. The van der Waals surface area contributed by atoms with Crippen molar-refractivity contribution in [2.45, 2.75) is 51.1 Å². The van der Waals surface area contributed by atoms with Gasteiger partial charge in [0.15, 0.2) is 5.78 Å². The highest BCUT2D eigenvalue weighted by Crippen LogP contribution is 2.28. The first kappa shape index (κ1) is 17.0. The van der Waals surface area contributed by atoms with E-state index in [2.05, 4.69) is 10.2 Å². The number of Topliss-reactive ketones (excluding diaryl/α,β-unsaturated/α-hetero) is 1. The summed E-state index contributed by atoms with van der Waals surface area (Å²) in [6, 6.07) is 7.95. The zero-order chi connectivity index (χ0) is 16.9. The number of benzene rings is 1. The van der Waals surface area contributed by atoms with Crippen molar-refractivity contribution in [3.8, 4) is 5.75 Å². The van der Waals surface area contributed by atoms with Gasteiger partial charge in [-0.15, -0.1) is 0 Å². The second kappa shape index (κ2) is 7.79. The predicted octanol–water partition coefficient (Wildman–Crippen LogP) is 2.40. The number of amides is 1. The van der Waals surface area contributed by atoms with Crippen molar-refractivity contribution in [2.24, 2.45) is 0 Å². The van der Waals surface area contributed by atoms with E-state index < -0.39 is 0 Å². The third-order valence-electron chi connectivity index (χ3n) is 5.01. The molecule has 1 N–H and O–H groups in total. The smallest absolute Gasteiger partial charge is 0.223 e. The Morgan fingerprint density at radius 2 is 1.92 bits per heavy atom. The third-order valence-corrected chi connectivity index (χ3v) is 5.01. The van der Waals surface area contributed by atoms with E-state index in [1.165, 1.54) is 0 Å². The van der Waals surface area contributed by atoms with Crippen LogP contribution < -0.4 is 10.1 Å². The van der Waals surface area contributed by atoms with Crippen molar-refractivity contribution < 1.29 is 14.3 Å². The largest absolute Gasteiger partial charge is 0.494 e. The van der Waals surface area contributed by atoms with Crippen LogP contribution in [0.2, 0.25) is 0 Å². The number of hydrogen-bond acceptors (Lipinski definition) is 4. The molecule has 1 amide bonds. The van der Waals surface area contributed by atoms with E-state index in [1.807, 2.05) is 0 Å². The SMILES string of the molecule is CC(=O)c1ccc(OCCCC(=O)N2C3CCNCC2CC3)cc1. The fraction of sp³-hybridized carbons (Fsp3) is 0.579. The molecule has 2 aliphatic heterocycles. The summed E-state index contributed by atoms with van der Waals surface area (Å²) in [7, 11) is 0. The molecule has 3 rings (SSSR count). The van der Waals surface area contributed by atoms with Crippen LogP contribution in [0.3, 0.4) is 0 Å². The fourth-order valence-electron chi connectivity index (χ4n) is 3.72. The van der Waals surface area contributed by atoms with Crippen LogP contribution in [-0.2, 0) is 4.79 Å². The van der Waals surface area contributed by atoms with E-state index in [1.54, 1.807) is 31.2 Å². The van der Waals surface area contributed by atoms with E-state index in [0.717, 1.165) is 44.5 Å². The summed E-state index contributed by atoms with van der Waals surface area (Å²) >= 11 is 0. The Bertz CT molecular complexity index is 571. The first-order valence-corrected chi connectivity index (χ1v) is 8.91. The number of rotatable bonds is 6. The molecule has 2 bridgehead atoms. The molecule has 5 nitrogen and oxygen atoms in total. The number of ketones is 1. The van der Waals surface area contributed by atoms with Crippen molar-refractivity contribution in [2.75, 3.05) is 19.7 Å². The van der Waals surface area contributed by atoms with Gasteiger partial charge in [-0.3, -0.25) is 9.59 Å². The van der Waals surface area contributed by atoms with Crippen LogP contribution in [0, 0.1) is 0 Å². The highest BCUT2D eigenvalue weighted by molar-refractivity contribution is 5.94. The maximum atomic E-state index is 12.5. The molecular weight excluding hydrogens is 304 g/mol. The van der Waals surface area contributed by atoms with Gasteiger partial charge in [-0.05, 0) is 63.4 Å². The van der Waals surface area contributed by atoms with Gasteiger partial charge in [-0.2, -0.15) is 0 Å². The summed E-state index contributed by atoms with van der Waals surface area (Å²) in [4.78, 5) is 25.9. The topological polar surface area (TPSA) is 58.6 Å². The molecule has 1 aromatic carbocycles. The van der Waals surface area contributed by atoms with Gasteiger partial charge >= 0.3 is 0 Å². The number of carbonyl (C=O) groups excluding carboxylic acids is 2. The Balaban J connectivity index is 1.43. The van der Waals surface area contributed by atoms with Gasteiger partial charge < -0.3 is 15.0 Å². The fourth-order valence-corrected chi connectivity index (χ4v) is 3.72. The van der Waals surface area contributed by atoms with Gasteiger partial charge in [-0.1, -0.05) is 0 Å². The van der Waals surface area contributed by atoms with Crippen molar-refractivity contribution in [1.29, 1.82) is 0 Å². The van der Waals surface area contributed by atoms with Crippen molar-refractivity contribution in [3.63, 3.8) is 0 Å². The average molecular weight is 330 g/mol. The van der Waals surface area contributed by atoms with Crippen molar-refractivity contribution in [3.05, 3.63) is 29.8 Å². The summed E-state index contributed by atoms with van der Waals surface area (Å²) in [6.45, 7) is 4.02. The quantitative estimate of drug-likeness (QED) is 0.643. The van der Waals surface area contributed by atoms with Gasteiger partial charge in [0.05, 0.1) is 6.61 Å². The molecule has 0 saturated carbocycles. The number of hydrogen-bond donors (Lipinski definition) is 1. The summed E-state index contributed by atoms with van der Waals surface area (Å²) in [5, 5.41) is 3.42. The number of ether oxygens (including phenoxy) is 1. The summed E-state index contributed by atoms with van der Waals surface area (Å²) in [5.74, 6) is 1.06. The second-order valence-corrected chi connectivity index (χ2v) is 6.71. The summed E-state index contributed by atoms with van der Waals surface area (Å²) in [5.41, 5.74) is 0.683. The van der Waals surface area contributed by atoms with Crippen LogP contribution in [0.25, 0.3) is 0 Å². The van der Waals surface area contributed by atoms with Gasteiger partial charge in [0.25, 0.3) is 0 Å². The summed E-state index contributed by atoms with van der Waals surface area (Å²) < 4.78 is 5.68. The molecule has 5 heteroatoms. The molecule has 2 unspecified atom stereocenters. The highest BCUT2D eigenvalue weighted by atomic mass is 16.5. The van der Waals surface area contributed by atoms with Gasteiger partial charge in [0, 0.05) is 30.6 Å². The lowest BCUT2D eigenvalue weighted by molar-refractivity contribution is -0.134. The van der Waals surface area contributed by atoms with E-state index in [0.29, 0.717) is 30.7 Å². The Morgan fingerprint density at radius 1 is 1.17 bits per heavy atom. The molecule has 2 fully saturated rings. The average Bonchev–Trinajstić information content (AvgIpc) is 2.84. The monoisotopic (exact) mass is 330 g/mol. The normalized spacial score (nSPS) is 23.0. The third kappa shape index (κ3) is 3.96. The standard InChI is InChI=1S/C19H26N2O3/c1-14(22)15-4-8-18(9-5-15)24-12-2-3-19(23)21-16-6-7-17(21)13-20-11-10-16/h4-5,8-9,16-17,20H,2-3,6-7,10-13H2,1H3. The molecule has 0 radical (unpaired) electrons. The maximum absolute atomic E-state index is 12.5. The first-order chi connectivity index (χ1) is 11.6. The van der Waals surface area contributed by atoms with Gasteiger partial charge in [0.1, 0.15) is 5.75 Å². The van der Waals surface area contributed by atoms with Crippen molar-refractivity contribution in [1.82, 2.24) is 10.2 Å². The molecule has 2 atom stereocenters. The molecular formula is C19H26N2O3. The zero-order valence-corrected chi connectivity index (χ0v) is 14.3. The maximum Gasteiger partial charge on any atom is 0.223 e. The van der Waals surface area contributed by atoms with Gasteiger partial charge in [0.2, 0.25) is 5.91 Å². The van der Waals surface area contributed by atoms with Crippen LogP contribution in [-0.4, -0.2) is 48.4 Å². The van der Waals surface area contributed by atoms with Crippen LogP contribution in [0.15, 0.2) is 24.3 Å². The minimum Gasteiger partial charge on any atom is -0.494 e. The lowest BCUT2D eigenvalue weighted by Gasteiger charge is -2.28. The number of fused-ring (bicyclic) bond motifs is 2. The molecule has 0 aliphatic carbocycles. The van der Waals surface area contributed by atoms with E-state index in [9.17, 15) is 9.59 Å². The minimum atomic E-state index is 0.0497. The molecule has 1 aromatic rings. The lowest BCUT2D eigenvalue weighted by atomic mass is 10.1. The molecule has 130 valence electrons. The molecule has 0 spiro atoms. The molecule has 24 heavy (non-hydrogen) atoms. The Morgan fingerprint density at radius 3 is 2.67 bits per heavy atom. The molecule has 0 aromatic heterocycles. The molecule has 2 aliphatic rings. The van der Waals surface area contributed by atoms with Gasteiger partial charge in [-0.25, -0.2) is 0 Å². The van der Waals surface area contributed by atoms with Crippen LogP contribution in [0.1, 0.15) is 49.4 Å². The second-order valence-electron chi connectivity index (χ2n) is 6.71. The van der Waals surface area contributed by atoms with Crippen LogP contribution in [0.5, 0.6) is 5.75 Å². The molecule has 2 saturated heterocycles. The predicted molar refractivity (Wildman–Crippen MR) is 92.3 cm³/mol. The zero-order valence-electron chi connectivity index (χ0n) is 14.3. The Labute approximate surface area is 143 Å². The van der Waals surface area contributed by atoms with Crippen LogP contribution in [0.4, 0.5) is 0 Å². The highest BCUT2D eigenvalue weighted by Gasteiger charge is 2.37. The van der Waals surface area contributed by atoms with Crippen LogP contribution >= 0.6 is 0 Å². The number of carbonyl (C=O) groups is 2. The lowest BCUT2D eigenvalue weighted by Crippen LogP contribution is -2.42. The molecule has 2 heterocycles. The van der Waals surface area contributed by atoms with Crippen molar-refractivity contribution >= 4 is 11.7 Å². The first-order valence-electron chi connectivity index (χ1n) is 8.91. The van der Waals surface area contributed by atoms with E-state index in [4.69, 9.17) is 4.74 Å².